The summed E-state index contributed by atoms with van der Waals surface area (Å²) >= 11 is 3.51. The summed E-state index contributed by atoms with van der Waals surface area (Å²) < 4.78 is 3.58. The minimum atomic E-state index is 0.0987. The van der Waals surface area contributed by atoms with Crippen molar-refractivity contribution in [2.75, 3.05) is 5.33 Å². The van der Waals surface area contributed by atoms with Gasteiger partial charge in [0.25, 0.3) is 0 Å². The highest BCUT2D eigenvalue weighted by Gasteiger charge is 2.15. The van der Waals surface area contributed by atoms with Gasteiger partial charge in [-0.15, -0.1) is 0 Å². The summed E-state index contributed by atoms with van der Waals surface area (Å²) in [6.07, 6.45) is 3.76. The third-order valence-electron chi connectivity index (χ3n) is 3.00. The fraction of sp³-hybridized carbons (Fsp3) is 0.750. The zero-order valence-electron chi connectivity index (χ0n) is 10.5. The molecule has 3 nitrogen and oxygen atoms in total. The first-order valence-corrected chi connectivity index (χ1v) is 6.92. The molecule has 0 radical (unpaired) electrons. The predicted molar refractivity (Wildman–Crippen MR) is 71.2 cm³/mol. The van der Waals surface area contributed by atoms with Gasteiger partial charge in [0.1, 0.15) is 0 Å². The molecule has 0 aliphatic heterocycles. The molecule has 0 bridgehead atoms. The summed E-state index contributed by atoms with van der Waals surface area (Å²) in [5.41, 5.74) is 0.0987. The van der Waals surface area contributed by atoms with Crippen LogP contribution in [0.1, 0.15) is 33.7 Å². The van der Waals surface area contributed by atoms with Gasteiger partial charge in [-0.2, -0.15) is 0 Å². The highest BCUT2D eigenvalue weighted by Crippen LogP contribution is 2.15. The Kier molecular flexibility index (Phi) is 4.84. The van der Waals surface area contributed by atoms with Gasteiger partial charge in [0, 0.05) is 30.3 Å². The molecule has 0 amide bonds. The summed E-state index contributed by atoms with van der Waals surface area (Å²) in [6.45, 7) is 9.22. The average Bonchev–Trinajstić information content (AvgIpc) is 2.56. The smallest absolute Gasteiger partial charge is 0.299 e. The monoisotopic (exact) mass is 288 g/mol. The van der Waals surface area contributed by atoms with E-state index in [1.165, 1.54) is 0 Å². The van der Waals surface area contributed by atoms with E-state index in [-0.39, 0.29) is 11.7 Å². The molecule has 0 N–H and O–H groups in total. The topological polar surface area (TPSA) is 26.9 Å². The van der Waals surface area contributed by atoms with Crippen molar-refractivity contribution in [3.63, 3.8) is 0 Å². The normalized spacial score (nSPS) is 13.7. The van der Waals surface area contributed by atoms with Crippen molar-refractivity contribution >= 4 is 15.9 Å². The highest BCUT2D eigenvalue weighted by atomic mass is 79.9. The number of hydrogen-bond donors (Lipinski definition) is 0. The lowest BCUT2D eigenvalue weighted by molar-refractivity contribution is 0.365. The lowest BCUT2D eigenvalue weighted by atomic mass is 9.98. The first-order chi connectivity index (χ1) is 7.47. The standard InChI is InChI=1S/C12H21BrN2O/c1-9(2)11(7-13)8-14-5-6-15(10(3)4)12(14)16/h5-6,9-11H,7-8H2,1-4H3. The number of halogens is 1. The van der Waals surface area contributed by atoms with E-state index in [2.05, 4.69) is 29.8 Å². The summed E-state index contributed by atoms with van der Waals surface area (Å²) in [6, 6.07) is 0.232. The molecule has 1 aromatic rings. The maximum Gasteiger partial charge on any atom is 0.328 e. The van der Waals surface area contributed by atoms with Crippen molar-refractivity contribution in [2.24, 2.45) is 11.8 Å². The molecule has 0 saturated carbocycles. The van der Waals surface area contributed by atoms with Crippen LogP contribution in [-0.4, -0.2) is 14.5 Å². The molecular formula is C12H21BrN2O. The Bertz CT molecular complexity index is 379. The molecule has 4 heteroatoms. The largest absolute Gasteiger partial charge is 0.328 e. The van der Waals surface area contributed by atoms with Crippen molar-refractivity contribution in [1.82, 2.24) is 9.13 Å². The van der Waals surface area contributed by atoms with Crippen LogP contribution in [0.4, 0.5) is 0 Å². The molecule has 1 atom stereocenters. The number of alkyl halides is 1. The zero-order chi connectivity index (χ0) is 12.3. The Morgan fingerprint density at radius 1 is 1.25 bits per heavy atom. The molecule has 1 unspecified atom stereocenters. The summed E-state index contributed by atoms with van der Waals surface area (Å²) in [5, 5.41) is 0.934. The Morgan fingerprint density at radius 3 is 2.25 bits per heavy atom. The van der Waals surface area contributed by atoms with Gasteiger partial charge < -0.3 is 0 Å². The van der Waals surface area contributed by atoms with Crippen molar-refractivity contribution in [2.45, 2.75) is 40.3 Å². The SMILES string of the molecule is CC(C)C(CBr)Cn1ccn(C(C)C)c1=O. The number of imidazole rings is 1. The molecular weight excluding hydrogens is 268 g/mol. The third-order valence-corrected chi connectivity index (χ3v) is 3.83. The van der Waals surface area contributed by atoms with Gasteiger partial charge in [-0.05, 0) is 25.7 Å². The molecule has 1 aromatic heterocycles. The quantitative estimate of drug-likeness (QED) is 0.766. The van der Waals surface area contributed by atoms with Gasteiger partial charge in [0.05, 0.1) is 0 Å². The Labute approximate surface area is 106 Å². The third kappa shape index (κ3) is 3.00. The van der Waals surface area contributed by atoms with Crippen LogP contribution in [0.2, 0.25) is 0 Å². The minimum absolute atomic E-state index is 0.0987. The summed E-state index contributed by atoms with van der Waals surface area (Å²) in [7, 11) is 0. The molecule has 0 saturated heterocycles. The van der Waals surface area contributed by atoms with Gasteiger partial charge in [-0.3, -0.25) is 9.13 Å². The van der Waals surface area contributed by atoms with E-state index in [0.29, 0.717) is 11.8 Å². The number of nitrogens with zero attached hydrogens (tertiary/aromatic N) is 2. The average molecular weight is 289 g/mol. The van der Waals surface area contributed by atoms with Gasteiger partial charge in [-0.25, -0.2) is 4.79 Å². The number of hydrogen-bond acceptors (Lipinski definition) is 1. The molecule has 1 rings (SSSR count). The first-order valence-electron chi connectivity index (χ1n) is 5.80. The fourth-order valence-corrected chi connectivity index (χ4v) is 2.60. The molecule has 0 fully saturated rings. The maximum atomic E-state index is 12.0. The fourth-order valence-electron chi connectivity index (χ4n) is 1.65. The maximum absolute atomic E-state index is 12.0. The van der Waals surface area contributed by atoms with Crippen LogP contribution in [0.3, 0.4) is 0 Å². The van der Waals surface area contributed by atoms with Gasteiger partial charge >= 0.3 is 5.69 Å². The Hall–Kier alpha value is -0.510. The second-order valence-corrected chi connectivity index (χ2v) is 5.54. The van der Waals surface area contributed by atoms with Crippen LogP contribution in [0.5, 0.6) is 0 Å². The molecule has 1 heterocycles. The molecule has 0 aromatic carbocycles. The van der Waals surface area contributed by atoms with E-state index in [4.69, 9.17) is 0 Å². The van der Waals surface area contributed by atoms with Crippen LogP contribution >= 0.6 is 15.9 Å². The number of rotatable bonds is 5. The van der Waals surface area contributed by atoms with Gasteiger partial charge in [-0.1, -0.05) is 29.8 Å². The van der Waals surface area contributed by atoms with Crippen LogP contribution < -0.4 is 5.69 Å². The zero-order valence-corrected chi connectivity index (χ0v) is 12.1. The van der Waals surface area contributed by atoms with Crippen LogP contribution in [0.25, 0.3) is 0 Å². The van der Waals surface area contributed by atoms with E-state index < -0.39 is 0 Å². The van der Waals surface area contributed by atoms with E-state index >= 15 is 0 Å². The van der Waals surface area contributed by atoms with Gasteiger partial charge in [0.2, 0.25) is 0 Å². The molecule has 92 valence electrons. The predicted octanol–water partition coefficient (Wildman–Crippen LogP) is 2.90. The Morgan fingerprint density at radius 2 is 1.88 bits per heavy atom. The lowest BCUT2D eigenvalue weighted by Gasteiger charge is -2.18. The van der Waals surface area contributed by atoms with E-state index in [9.17, 15) is 4.79 Å². The van der Waals surface area contributed by atoms with Crippen molar-refractivity contribution in [1.29, 1.82) is 0 Å². The van der Waals surface area contributed by atoms with E-state index in [1.807, 2.05) is 30.8 Å². The first kappa shape index (κ1) is 13.6. The van der Waals surface area contributed by atoms with Crippen LogP contribution in [-0.2, 0) is 6.54 Å². The van der Waals surface area contributed by atoms with Gasteiger partial charge in [0.15, 0.2) is 0 Å². The van der Waals surface area contributed by atoms with Crippen LogP contribution in [0, 0.1) is 11.8 Å². The molecule has 0 spiro atoms. The van der Waals surface area contributed by atoms with Crippen molar-refractivity contribution in [3.8, 4) is 0 Å². The molecule has 0 aliphatic rings. The van der Waals surface area contributed by atoms with Crippen LogP contribution in [0.15, 0.2) is 17.2 Å². The Balaban J connectivity index is 2.86. The second kappa shape index (κ2) is 5.71. The second-order valence-electron chi connectivity index (χ2n) is 4.89. The summed E-state index contributed by atoms with van der Waals surface area (Å²) in [5.74, 6) is 1.08. The lowest BCUT2D eigenvalue weighted by Crippen LogP contribution is -2.29. The minimum Gasteiger partial charge on any atom is -0.299 e. The number of aromatic nitrogens is 2. The van der Waals surface area contributed by atoms with E-state index in [0.717, 1.165) is 11.9 Å². The highest BCUT2D eigenvalue weighted by molar-refractivity contribution is 9.09. The summed E-state index contributed by atoms with van der Waals surface area (Å²) in [4.78, 5) is 12.0. The molecule has 16 heavy (non-hydrogen) atoms. The molecule has 0 aliphatic carbocycles. The van der Waals surface area contributed by atoms with Crippen molar-refractivity contribution in [3.05, 3.63) is 22.9 Å². The van der Waals surface area contributed by atoms with E-state index in [1.54, 1.807) is 4.57 Å². The van der Waals surface area contributed by atoms with Crippen molar-refractivity contribution < 1.29 is 0 Å².